The molecular formula is C26H37F3N2O2. The monoisotopic (exact) mass is 466 g/mol. The fourth-order valence-electron chi connectivity index (χ4n) is 8.99. The molecule has 1 aromatic rings. The highest BCUT2D eigenvalue weighted by atomic mass is 19.4. The second kappa shape index (κ2) is 7.82. The van der Waals surface area contributed by atoms with Crippen LogP contribution in [0.5, 0.6) is 0 Å². The van der Waals surface area contributed by atoms with Crippen molar-refractivity contribution in [1.29, 1.82) is 0 Å². The number of nitrogens with zero attached hydrogens (tertiary/aromatic N) is 2. The van der Waals surface area contributed by atoms with Crippen LogP contribution in [0, 0.1) is 46.8 Å². The molecule has 1 unspecified atom stereocenters. The van der Waals surface area contributed by atoms with Crippen molar-refractivity contribution in [2.75, 3.05) is 0 Å². The summed E-state index contributed by atoms with van der Waals surface area (Å²) >= 11 is 0. The van der Waals surface area contributed by atoms with E-state index in [4.69, 9.17) is 0 Å². The lowest BCUT2D eigenvalue weighted by molar-refractivity contribution is -0.142. The fourth-order valence-corrected chi connectivity index (χ4v) is 8.99. The van der Waals surface area contributed by atoms with Crippen LogP contribution in [0.2, 0.25) is 0 Å². The molecule has 0 bridgehead atoms. The average molecular weight is 467 g/mol. The van der Waals surface area contributed by atoms with Crippen LogP contribution in [-0.2, 0) is 17.5 Å². The largest absolute Gasteiger partial charge is 0.435 e. The van der Waals surface area contributed by atoms with Crippen LogP contribution < -0.4 is 0 Å². The number of hydrogen-bond acceptors (Lipinski definition) is 3. The number of Topliss-reactive ketones (excluding diaryl/α,β-unsaturated/α-hetero) is 1. The Morgan fingerprint density at radius 1 is 1.15 bits per heavy atom. The van der Waals surface area contributed by atoms with Crippen molar-refractivity contribution >= 4 is 5.78 Å². The summed E-state index contributed by atoms with van der Waals surface area (Å²) in [5.74, 6) is 3.50. The number of aliphatic hydroxyl groups is 1. The molecule has 0 saturated heterocycles. The van der Waals surface area contributed by atoms with Crippen LogP contribution >= 0.6 is 0 Å². The van der Waals surface area contributed by atoms with Crippen LogP contribution in [0.25, 0.3) is 0 Å². The van der Waals surface area contributed by atoms with Gasteiger partial charge in [-0.2, -0.15) is 18.3 Å². The summed E-state index contributed by atoms with van der Waals surface area (Å²) in [5.41, 5.74) is -1.54. The van der Waals surface area contributed by atoms with Crippen molar-refractivity contribution < 1.29 is 23.1 Å². The maximum atomic E-state index is 13.4. The Labute approximate surface area is 194 Å². The Bertz CT molecular complexity index is 910. The van der Waals surface area contributed by atoms with Crippen molar-refractivity contribution in [1.82, 2.24) is 9.78 Å². The summed E-state index contributed by atoms with van der Waals surface area (Å²) in [6, 6.07) is 0.945. The van der Waals surface area contributed by atoms with E-state index in [1.165, 1.54) is 19.0 Å². The van der Waals surface area contributed by atoms with E-state index in [9.17, 15) is 23.1 Å². The van der Waals surface area contributed by atoms with Crippen molar-refractivity contribution in [2.45, 2.75) is 90.5 Å². The third-order valence-corrected chi connectivity index (χ3v) is 10.2. The van der Waals surface area contributed by atoms with Crippen molar-refractivity contribution in [2.24, 2.45) is 46.8 Å². The summed E-state index contributed by atoms with van der Waals surface area (Å²) in [4.78, 5) is 13.4. The van der Waals surface area contributed by atoms with E-state index in [0.717, 1.165) is 49.3 Å². The number of carbonyl (C=O) groups excluding carboxylic acids is 1. The zero-order chi connectivity index (χ0) is 23.8. The molecule has 0 amide bonds. The molecule has 4 saturated carbocycles. The molecular weight excluding hydrogens is 429 g/mol. The van der Waals surface area contributed by atoms with Crippen LogP contribution in [0.4, 0.5) is 13.2 Å². The van der Waals surface area contributed by atoms with E-state index in [1.54, 1.807) is 0 Å². The van der Waals surface area contributed by atoms with Gasteiger partial charge in [-0.3, -0.25) is 9.48 Å². The number of halogens is 3. The van der Waals surface area contributed by atoms with Gasteiger partial charge in [0, 0.05) is 12.1 Å². The topological polar surface area (TPSA) is 55.1 Å². The van der Waals surface area contributed by atoms with Crippen LogP contribution in [0.1, 0.15) is 77.8 Å². The van der Waals surface area contributed by atoms with E-state index < -0.39 is 17.5 Å². The fraction of sp³-hybridized carbons (Fsp3) is 0.846. The molecule has 4 aliphatic rings. The summed E-state index contributed by atoms with van der Waals surface area (Å²) in [7, 11) is 0. The average Bonchev–Trinajstić information content (AvgIpc) is 3.29. The predicted molar refractivity (Wildman–Crippen MR) is 118 cm³/mol. The van der Waals surface area contributed by atoms with Crippen LogP contribution in [0.15, 0.2) is 12.3 Å². The minimum absolute atomic E-state index is 0.0320. The van der Waals surface area contributed by atoms with E-state index in [2.05, 4.69) is 18.9 Å². The number of aromatic nitrogens is 2. The predicted octanol–water partition coefficient (Wildman–Crippen LogP) is 5.74. The third kappa shape index (κ3) is 3.96. The molecule has 1 heterocycles. The summed E-state index contributed by atoms with van der Waals surface area (Å²) in [6.45, 7) is 6.47. The number of hydrogen-bond donors (Lipinski definition) is 1. The van der Waals surface area contributed by atoms with Gasteiger partial charge in [-0.25, -0.2) is 0 Å². The maximum Gasteiger partial charge on any atom is 0.435 e. The van der Waals surface area contributed by atoms with E-state index in [-0.39, 0.29) is 23.7 Å². The molecule has 4 aliphatic carbocycles. The second-order valence-corrected chi connectivity index (χ2v) is 12.3. The number of fused-ring (bicyclic) bond motifs is 5. The minimum atomic E-state index is -4.49. The van der Waals surface area contributed by atoms with Gasteiger partial charge in [-0.15, -0.1) is 0 Å². The van der Waals surface area contributed by atoms with Gasteiger partial charge in [0.05, 0.1) is 12.1 Å². The molecule has 1 aromatic heterocycles. The quantitative estimate of drug-likeness (QED) is 0.618. The normalized spacial score (nSPS) is 45.2. The standard InChI is InChI=1S/C26H37F3N2O2/c1-15-12-20(21(32)14-31-11-8-22(30-31)26(27,28)29)25(3)10-7-18-17-6-9-24(2,33)13-16(17)4-5-19(18)23(15)25/h8,11,15-20,23,33H,4-7,9-10,12-14H2,1-3H3/t15-,16?,17+,18-,19-,20-,23+,24-,25-/m1/s1. The Morgan fingerprint density at radius 2 is 1.88 bits per heavy atom. The lowest BCUT2D eigenvalue weighted by Crippen LogP contribution is -2.51. The van der Waals surface area contributed by atoms with Gasteiger partial charge in [0.2, 0.25) is 0 Å². The second-order valence-electron chi connectivity index (χ2n) is 12.3. The maximum absolute atomic E-state index is 13.4. The molecule has 1 N–H and O–H groups in total. The van der Waals surface area contributed by atoms with Crippen molar-refractivity contribution in [3.05, 3.63) is 18.0 Å². The summed E-state index contributed by atoms with van der Waals surface area (Å²) in [5, 5.41) is 14.2. The van der Waals surface area contributed by atoms with Crippen LogP contribution in [-0.4, -0.2) is 26.3 Å². The molecule has 7 heteroatoms. The Balaban J connectivity index is 1.32. The van der Waals surface area contributed by atoms with Crippen molar-refractivity contribution in [3.8, 4) is 0 Å². The third-order valence-electron chi connectivity index (χ3n) is 10.2. The van der Waals surface area contributed by atoms with Gasteiger partial charge in [-0.05, 0) is 105 Å². The zero-order valence-electron chi connectivity index (χ0n) is 19.9. The summed E-state index contributed by atoms with van der Waals surface area (Å²) in [6.07, 6.45) is 5.05. The van der Waals surface area contributed by atoms with Gasteiger partial charge >= 0.3 is 6.18 Å². The highest BCUT2D eigenvalue weighted by Crippen LogP contribution is 2.66. The molecule has 5 rings (SSSR count). The highest BCUT2D eigenvalue weighted by molar-refractivity contribution is 5.82. The molecule has 9 atom stereocenters. The summed E-state index contributed by atoms with van der Waals surface area (Å²) < 4.78 is 39.9. The van der Waals surface area contributed by atoms with Gasteiger partial charge in [-0.1, -0.05) is 13.8 Å². The Morgan fingerprint density at radius 3 is 2.58 bits per heavy atom. The molecule has 4 nitrogen and oxygen atoms in total. The Kier molecular flexibility index (Phi) is 5.54. The smallest absolute Gasteiger partial charge is 0.390 e. The van der Waals surface area contributed by atoms with E-state index in [1.807, 2.05) is 6.92 Å². The first kappa shape index (κ1) is 23.4. The molecule has 0 aromatic carbocycles. The SMILES string of the molecule is C[C@@H]1C[C@H](C(=O)Cn2ccc(C(F)(F)F)n2)[C@@]2(C)CC[C@H]3[C@@H](CCC4C[C@](C)(O)CC[C@@H]43)[C@H]12. The zero-order valence-corrected chi connectivity index (χ0v) is 19.9. The highest BCUT2D eigenvalue weighted by Gasteiger charge is 2.61. The Hall–Kier alpha value is -1.37. The molecule has 184 valence electrons. The number of ketones is 1. The lowest BCUT2D eigenvalue weighted by Gasteiger charge is -2.57. The van der Waals surface area contributed by atoms with Crippen molar-refractivity contribution in [3.63, 3.8) is 0 Å². The lowest BCUT2D eigenvalue weighted by atomic mass is 9.48. The molecule has 0 radical (unpaired) electrons. The van der Waals surface area contributed by atoms with E-state index in [0.29, 0.717) is 35.5 Å². The first-order valence-corrected chi connectivity index (χ1v) is 12.7. The molecule has 4 fully saturated rings. The van der Waals surface area contributed by atoms with Gasteiger partial charge in [0.1, 0.15) is 0 Å². The minimum Gasteiger partial charge on any atom is -0.390 e. The molecule has 33 heavy (non-hydrogen) atoms. The number of carbonyl (C=O) groups is 1. The molecule has 0 spiro atoms. The van der Waals surface area contributed by atoms with E-state index >= 15 is 0 Å². The number of rotatable bonds is 3. The van der Waals surface area contributed by atoms with Crippen LogP contribution in [0.3, 0.4) is 0 Å². The van der Waals surface area contributed by atoms with Gasteiger partial charge < -0.3 is 5.11 Å². The first-order valence-electron chi connectivity index (χ1n) is 12.7. The van der Waals surface area contributed by atoms with Gasteiger partial charge in [0.15, 0.2) is 11.5 Å². The van der Waals surface area contributed by atoms with Gasteiger partial charge in [0.25, 0.3) is 0 Å². The molecule has 0 aliphatic heterocycles. The number of alkyl halides is 3. The first-order chi connectivity index (χ1) is 15.4.